The molecule has 6 nitrogen and oxygen atoms in total. The highest BCUT2D eigenvalue weighted by atomic mass is 16.5. The number of aliphatic carboxylic acids is 1. The molecule has 1 heterocycles. The van der Waals surface area contributed by atoms with Crippen LogP contribution in [0.5, 0.6) is 5.75 Å². The predicted octanol–water partition coefficient (Wildman–Crippen LogP) is 4.97. The minimum absolute atomic E-state index is 0.145. The van der Waals surface area contributed by atoms with Crippen molar-refractivity contribution in [1.82, 2.24) is 4.90 Å². The summed E-state index contributed by atoms with van der Waals surface area (Å²) >= 11 is 0. The largest absolute Gasteiger partial charge is 0.493 e. The van der Waals surface area contributed by atoms with Crippen LogP contribution in [0.15, 0.2) is 71.3 Å². The number of ether oxygens (including phenoxy) is 1. The van der Waals surface area contributed by atoms with E-state index in [0.29, 0.717) is 48.8 Å². The lowest BCUT2D eigenvalue weighted by molar-refractivity contribution is -0.137. The Morgan fingerprint density at radius 2 is 1.75 bits per heavy atom. The van der Waals surface area contributed by atoms with E-state index >= 15 is 0 Å². The quantitative estimate of drug-likeness (QED) is 0.276. The number of hydrogen-bond donors (Lipinski definition) is 1. The van der Waals surface area contributed by atoms with Gasteiger partial charge >= 0.3 is 5.97 Å². The van der Waals surface area contributed by atoms with Crippen LogP contribution in [0.2, 0.25) is 0 Å². The van der Waals surface area contributed by atoms with Crippen LogP contribution in [-0.2, 0) is 10.1 Å². The van der Waals surface area contributed by atoms with Gasteiger partial charge in [-0.25, -0.2) is 0 Å². The van der Waals surface area contributed by atoms with Crippen LogP contribution in [-0.4, -0.2) is 50.7 Å². The van der Waals surface area contributed by atoms with Crippen molar-refractivity contribution in [3.05, 3.63) is 78.1 Å². The van der Waals surface area contributed by atoms with Crippen molar-refractivity contribution < 1.29 is 23.8 Å². The Hall–Kier alpha value is -3.41. The topological polar surface area (TPSA) is 80.0 Å². The van der Waals surface area contributed by atoms with Crippen LogP contribution >= 0.6 is 0 Å². The molecule has 0 saturated heterocycles. The zero-order valence-electron chi connectivity index (χ0n) is 20.3. The molecule has 1 fully saturated rings. The highest BCUT2D eigenvalue weighted by Crippen LogP contribution is 2.37. The Morgan fingerprint density at radius 1 is 1.00 bits per heavy atom. The number of furan rings is 1. The molecule has 2 aromatic carbocycles. The Labute approximate surface area is 214 Å². The van der Waals surface area contributed by atoms with Crippen molar-refractivity contribution >= 4 is 27.6 Å². The summed E-state index contributed by atoms with van der Waals surface area (Å²) in [5.41, 5.74) is 1.89. The minimum atomic E-state index is -1.58. The second kappa shape index (κ2) is 11.5. The summed E-state index contributed by atoms with van der Waals surface area (Å²) in [4.78, 5) is 25.9. The van der Waals surface area contributed by atoms with Gasteiger partial charge in [0, 0.05) is 29.7 Å². The average Bonchev–Trinajstić information content (AvgIpc) is 3.53. The van der Waals surface area contributed by atoms with Crippen LogP contribution < -0.4 is 4.74 Å². The molecule has 0 unspecified atom stereocenters. The molecule has 1 amide bonds. The van der Waals surface area contributed by atoms with Gasteiger partial charge in [0.05, 0.1) is 28.6 Å². The molecule has 1 N–H and O–H groups in total. The normalized spacial score (nSPS) is 13.3. The van der Waals surface area contributed by atoms with Crippen molar-refractivity contribution in [2.75, 3.05) is 13.2 Å². The molecule has 4 rings (SSSR count). The molecule has 1 aliphatic carbocycles. The zero-order chi connectivity index (χ0) is 25.5. The summed E-state index contributed by atoms with van der Waals surface area (Å²) in [6, 6.07) is 18.1. The SMILES string of the molecule is [B]C([B])(c1ccccc1OCCCCCC(=O)O)N(CC1CC1)C(=O)c1ccc(-c2ccco2)cc1. The highest BCUT2D eigenvalue weighted by Gasteiger charge is 2.37. The lowest BCUT2D eigenvalue weighted by Gasteiger charge is -2.41. The minimum Gasteiger partial charge on any atom is -0.493 e. The Kier molecular flexibility index (Phi) is 8.24. The number of carboxylic acids is 1. The number of amides is 1. The Balaban J connectivity index is 1.51. The molecule has 0 spiro atoms. The number of nitrogens with zero attached hydrogens (tertiary/aromatic N) is 1. The van der Waals surface area contributed by atoms with Crippen molar-refractivity contribution in [2.24, 2.45) is 5.92 Å². The second-order valence-electron chi connectivity index (χ2n) is 9.29. The molecule has 0 atom stereocenters. The van der Waals surface area contributed by atoms with Gasteiger partial charge in [-0.2, -0.15) is 0 Å². The van der Waals surface area contributed by atoms with E-state index in [0.717, 1.165) is 30.6 Å². The predicted molar refractivity (Wildman–Crippen MR) is 139 cm³/mol. The van der Waals surface area contributed by atoms with Gasteiger partial charge in [0.15, 0.2) is 0 Å². The zero-order valence-corrected chi connectivity index (χ0v) is 20.3. The van der Waals surface area contributed by atoms with Crippen molar-refractivity contribution in [3.63, 3.8) is 0 Å². The molecule has 1 saturated carbocycles. The summed E-state index contributed by atoms with van der Waals surface area (Å²) in [5.74, 6) is 0.562. The molecule has 182 valence electrons. The van der Waals surface area contributed by atoms with Gasteiger partial charge < -0.3 is 19.2 Å². The van der Waals surface area contributed by atoms with Crippen molar-refractivity contribution in [1.29, 1.82) is 0 Å². The van der Waals surface area contributed by atoms with E-state index in [1.54, 1.807) is 35.4 Å². The number of hydrogen-bond acceptors (Lipinski definition) is 4. The molecule has 8 heteroatoms. The number of carboxylic acid groups (broad SMARTS) is 1. The summed E-state index contributed by atoms with van der Waals surface area (Å²) in [5, 5.41) is 7.20. The van der Waals surface area contributed by atoms with E-state index in [1.807, 2.05) is 36.4 Å². The number of unbranched alkanes of at least 4 members (excludes halogenated alkanes) is 2. The molecule has 36 heavy (non-hydrogen) atoms. The third-order valence-electron chi connectivity index (χ3n) is 6.38. The first-order valence-corrected chi connectivity index (χ1v) is 12.3. The third-order valence-corrected chi connectivity index (χ3v) is 6.38. The lowest BCUT2D eigenvalue weighted by Crippen LogP contribution is -2.51. The van der Waals surface area contributed by atoms with E-state index in [1.165, 1.54) is 0 Å². The fourth-order valence-electron chi connectivity index (χ4n) is 4.14. The molecular formula is C28H29B2NO5. The maximum absolute atomic E-state index is 13.7. The van der Waals surface area contributed by atoms with Gasteiger partial charge in [-0.1, -0.05) is 30.3 Å². The number of carbonyl (C=O) groups excluding carboxylic acids is 1. The van der Waals surface area contributed by atoms with Gasteiger partial charge in [0.1, 0.15) is 11.5 Å². The van der Waals surface area contributed by atoms with Gasteiger partial charge in [-0.3, -0.25) is 9.59 Å². The van der Waals surface area contributed by atoms with E-state index in [-0.39, 0.29) is 12.3 Å². The molecule has 1 aliphatic rings. The van der Waals surface area contributed by atoms with E-state index < -0.39 is 11.3 Å². The van der Waals surface area contributed by atoms with Crippen molar-refractivity contribution in [3.8, 4) is 17.1 Å². The summed E-state index contributed by atoms with van der Waals surface area (Å²) in [7, 11) is 13.4. The molecule has 0 aliphatic heterocycles. The van der Waals surface area contributed by atoms with Gasteiger partial charge in [-0.15, -0.1) is 0 Å². The Morgan fingerprint density at radius 3 is 2.42 bits per heavy atom. The molecule has 3 aromatic rings. The van der Waals surface area contributed by atoms with E-state index in [4.69, 9.17) is 30.0 Å². The highest BCUT2D eigenvalue weighted by molar-refractivity contribution is 6.41. The van der Waals surface area contributed by atoms with Crippen LogP contribution in [0.25, 0.3) is 11.3 Å². The third kappa shape index (κ3) is 6.42. The fraction of sp³-hybridized carbons (Fsp3) is 0.357. The smallest absolute Gasteiger partial charge is 0.303 e. The maximum atomic E-state index is 13.7. The van der Waals surface area contributed by atoms with Crippen molar-refractivity contribution in [2.45, 2.75) is 43.9 Å². The maximum Gasteiger partial charge on any atom is 0.303 e. The molecule has 1 aromatic heterocycles. The number of para-hydroxylation sites is 1. The summed E-state index contributed by atoms with van der Waals surface area (Å²) in [6.45, 7) is 0.854. The second-order valence-corrected chi connectivity index (χ2v) is 9.29. The van der Waals surface area contributed by atoms with Gasteiger partial charge in [-0.05, 0) is 73.7 Å². The molecule has 0 bridgehead atoms. The fourth-order valence-corrected chi connectivity index (χ4v) is 4.14. The first-order chi connectivity index (χ1) is 17.4. The van der Waals surface area contributed by atoms with Crippen LogP contribution in [0.1, 0.15) is 54.4 Å². The number of benzene rings is 2. The van der Waals surface area contributed by atoms with Crippen LogP contribution in [0.3, 0.4) is 0 Å². The first-order valence-electron chi connectivity index (χ1n) is 12.3. The summed E-state index contributed by atoms with van der Waals surface area (Å²) in [6.07, 6.45) is 5.87. The van der Waals surface area contributed by atoms with Gasteiger partial charge in [0.25, 0.3) is 5.91 Å². The van der Waals surface area contributed by atoms with E-state index in [9.17, 15) is 9.59 Å². The average molecular weight is 481 g/mol. The monoisotopic (exact) mass is 481 g/mol. The van der Waals surface area contributed by atoms with Gasteiger partial charge in [0.2, 0.25) is 0 Å². The molecular weight excluding hydrogens is 452 g/mol. The number of carbonyl (C=O) groups is 2. The standard InChI is InChI=1S/C28H29B2NO5/c29-28(30,23-7-3-4-8-25(23)36-17-5-1-2-10-26(32)33)31(19-20-11-12-20)27(34)22-15-13-21(14-16-22)24-9-6-18-35-24/h3-4,6-9,13-16,18,20H,1-2,5,10-12,17,19H2,(H,32,33). The van der Waals surface area contributed by atoms with E-state index in [2.05, 4.69) is 0 Å². The number of rotatable bonds is 13. The van der Waals surface area contributed by atoms with Crippen LogP contribution in [0.4, 0.5) is 0 Å². The first kappa shape index (κ1) is 25.7. The summed E-state index contributed by atoms with van der Waals surface area (Å²) < 4.78 is 11.4. The Bertz CT molecular complexity index is 1160. The van der Waals surface area contributed by atoms with Crippen LogP contribution in [0, 0.1) is 5.92 Å². The lowest BCUT2D eigenvalue weighted by atomic mass is 9.56. The molecule has 4 radical (unpaired) electrons.